The van der Waals surface area contributed by atoms with Gasteiger partial charge in [0.1, 0.15) is 0 Å². The zero-order chi connectivity index (χ0) is 8.81. The number of aliphatic hydroxyl groups is 1. The molecule has 1 N–H and O–H groups in total. The van der Waals surface area contributed by atoms with Crippen molar-refractivity contribution in [3.8, 4) is 0 Å². The van der Waals surface area contributed by atoms with Gasteiger partial charge >= 0.3 is 0 Å². The van der Waals surface area contributed by atoms with Crippen molar-refractivity contribution in [2.24, 2.45) is 0 Å². The van der Waals surface area contributed by atoms with Crippen LogP contribution in [-0.2, 0) is 4.74 Å². The monoisotopic (exact) mass is 190 g/mol. The SMILES string of the molecule is COCCCS[C@@H]1CCC[C@H]1O. The fourth-order valence-corrected chi connectivity index (χ4v) is 2.82. The molecule has 0 spiro atoms. The molecule has 0 heterocycles. The lowest BCUT2D eigenvalue weighted by atomic mass is 10.3. The second-order valence-electron chi connectivity index (χ2n) is 3.25. The van der Waals surface area contributed by atoms with Gasteiger partial charge in [0.2, 0.25) is 0 Å². The maximum absolute atomic E-state index is 9.49. The van der Waals surface area contributed by atoms with Crippen molar-refractivity contribution in [3.63, 3.8) is 0 Å². The van der Waals surface area contributed by atoms with Crippen LogP contribution in [0.1, 0.15) is 25.7 Å². The molecule has 12 heavy (non-hydrogen) atoms. The van der Waals surface area contributed by atoms with E-state index in [4.69, 9.17) is 4.74 Å². The standard InChI is InChI=1S/C9H18O2S/c1-11-6-3-7-12-9-5-2-4-8(9)10/h8-10H,2-7H2,1H3/t8-,9-/m1/s1. The highest BCUT2D eigenvalue weighted by atomic mass is 32.2. The molecule has 1 aliphatic rings. The Labute approximate surface area is 78.7 Å². The Morgan fingerprint density at radius 3 is 2.92 bits per heavy atom. The van der Waals surface area contributed by atoms with Gasteiger partial charge < -0.3 is 9.84 Å². The molecule has 1 saturated carbocycles. The second kappa shape index (κ2) is 5.84. The molecule has 3 heteroatoms. The molecule has 1 fully saturated rings. The predicted molar refractivity (Wildman–Crippen MR) is 52.6 cm³/mol. The van der Waals surface area contributed by atoms with Gasteiger partial charge in [-0.1, -0.05) is 0 Å². The summed E-state index contributed by atoms with van der Waals surface area (Å²) in [5.41, 5.74) is 0. The van der Waals surface area contributed by atoms with Crippen molar-refractivity contribution in [3.05, 3.63) is 0 Å². The van der Waals surface area contributed by atoms with E-state index < -0.39 is 0 Å². The third-order valence-corrected chi connectivity index (χ3v) is 3.74. The molecular weight excluding hydrogens is 172 g/mol. The smallest absolute Gasteiger partial charge is 0.0658 e. The van der Waals surface area contributed by atoms with Crippen LogP contribution in [0.4, 0.5) is 0 Å². The maximum atomic E-state index is 9.49. The van der Waals surface area contributed by atoms with Gasteiger partial charge in [0.05, 0.1) is 6.10 Å². The van der Waals surface area contributed by atoms with Crippen LogP contribution in [0.5, 0.6) is 0 Å². The van der Waals surface area contributed by atoms with E-state index in [2.05, 4.69) is 0 Å². The minimum absolute atomic E-state index is 0.0439. The predicted octanol–water partition coefficient (Wildman–Crippen LogP) is 1.67. The summed E-state index contributed by atoms with van der Waals surface area (Å²) < 4.78 is 4.96. The van der Waals surface area contributed by atoms with E-state index >= 15 is 0 Å². The quantitative estimate of drug-likeness (QED) is 0.669. The third kappa shape index (κ3) is 3.33. The lowest BCUT2D eigenvalue weighted by molar-refractivity contribution is 0.187. The first-order chi connectivity index (χ1) is 5.84. The molecule has 72 valence electrons. The van der Waals surface area contributed by atoms with E-state index in [0.717, 1.165) is 25.2 Å². The molecule has 2 atom stereocenters. The average molecular weight is 190 g/mol. The Morgan fingerprint density at radius 1 is 1.50 bits per heavy atom. The molecule has 0 saturated heterocycles. The van der Waals surface area contributed by atoms with Gasteiger partial charge in [0.25, 0.3) is 0 Å². The first kappa shape index (κ1) is 10.4. The lowest BCUT2D eigenvalue weighted by Crippen LogP contribution is -2.15. The number of ether oxygens (including phenoxy) is 1. The Morgan fingerprint density at radius 2 is 2.33 bits per heavy atom. The van der Waals surface area contributed by atoms with Crippen molar-refractivity contribution >= 4 is 11.8 Å². The molecule has 0 aromatic heterocycles. The van der Waals surface area contributed by atoms with E-state index in [-0.39, 0.29) is 6.10 Å². The van der Waals surface area contributed by atoms with Crippen molar-refractivity contribution in [2.45, 2.75) is 37.0 Å². The molecule has 0 radical (unpaired) electrons. The van der Waals surface area contributed by atoms with Gasteiger partial charge in [-0.3, -0.25) is 0 Å². The molecule has 0 aliphatic heterocycles. The molecule has 0 aromatic carbocycles. The summed E-state index contributed by atoms with van der Waals surface area (Å²) in [5.74, 6) is 1.12. The Kier molecular flexibility index (Phi) is 5.04. The van der Waals surface area contributed by atoms with Crippen LogP contribution in [0.3, 0.4) is 0 Å². The average Bonchev–Trinajstić information content (AvgIpc) is 2.46. The summed E-state index contributed by atoms with van der Waals surface area (Å²) >= 11 is 1.90. The summed E-state index contributed by atoms with van der Waals surface area (Å²) in [6, 6.07) is 0. The third-order valence-electron chi connectivity index (χ3n) is 2.24. The summed E-state index contributed by atoms with van der Waals surface area (Å²) in [6.07, 6.45) is 4.45. The van der Waals surface area contributed by atoms with Crippen molar-refractivity contribution in [1.82, 2.24) is 0 Å². The number of thioether (sulfide) groups is 1. The largest absolute Gasteiger partial charge is 0.392 e. The van der Waals surface area contributed by atoms with Crippen LogP contribution in [-0.4, -0.2) is 35.9 Å². The normalized spacial score (nSPS) is 29.5. The minimum Gasteiger partial charge on any atom is -0.392 e. The Bertz CT molecular complexity index is 119. The molecule has 0 bridgehead atoms. The number of rotatable bonds is 5. The molecule has 2 nitrogen and oxygen atoms in total. The molecular formula is C9H18O2S. The summed E-state index contributed by atoms with van der Waals surface area (Å²) in [7, 11) is 1.73. The summed E-state index contributed by atoms with van der Waals surface area (Å²) in [4.78, 5) is 0. The zero-order valence-corrected chi connectivity index (χ0v) is 8.48. The van der Waals surface area contributed by atoms with Crippen molar-refractivity contribution < 1.29 is 9.84 Å². The van der Waals surface area contributed by atoms with Crippen LogP contribution >= 0.6 is 11.8 Å². The number of hydrogen-bond acceptors (Lipinski definition) is 3. The van der Waals surface area contributed by atoms with Gasteiger partial charge in [-0.15, -0.1) is 0 Å². The lowest BCUT2D eigenvalue weighted by Gasteiger charge is -2.13. The minimum atomic E-state index is -0.0439. The van der Waals surface area contributed by atoms with Gasteiger partial charge in [0.15, 0.2) is 0 Å². The molecule has 0 aromatic rings. The van der Waals surface area contributed by atoms with Crippen LogP contribution in [0.25, 0.3) is 0 Å². The van der Waals surface area contributed by atoms with E-state index in [9.17, 15) is 5.11 Å². The van der Waals surface area contributed by atoms with Crippen molar-refractivity contribution in [1.29, 1.82) is 0 Å². The maximum Gasteiger partial charge on any atom is 0.0658 e. The van der Waals surface area contributed by atoms with Crippen LogP contribution in [0, 0.1) is 0 Å². The molecule has 0 unspecified atom stereocenters. The highest BCUT2D eigenvalue weighted by molar-refractivity contribution is 7.99. The van der Waals surface area contributed by atoms with Gasteiger partial charge in [-0.2, -0.15) is 11.8 Å². The first-order valence-corrected chi connectivity index (χ1v) is 5.68. The Balaban J connectivity index is 1.98. The van der Waals surface area contributed by atoms with E-state index in [1.165, 1.54) is 12.8 Å². The fourth-order valence-electron chi connectivity index (χ4n) is 1.54. The van der Waals surface area contributed by atoms with Crippen molar-refractivity contribution in [2.75, 3.05) is 19.5 Å². The van der Waals surface area contributed by atoms with Gasteiger partial charge in [-0.05, 0) is 31.4 Å². The van der Waals surface area contributed by atoms with Gasteiger partial charge in [-0.25, -0.2) is 0 Å². The highest BCUT2D eigenvalue weighted by Gasteiger charge is 2.24. The molecule has 1 aliphatic carbocycles. The van der Waals surface area contributed by atoms with E-state index in [1.54, 1.807) is 7.11 Å². The second-order valence-corrected chi connectivity index (χ2v) is 4.60. The first-order valence-electron chi connectivity index (χ1n) is 4.63. The number of methoxy groups -OCH3 is 1. The highest BCUT2D eigenvalue weighted by Crippen LogP contribution is 2.30. The van der Waals surface area contributed by atoms with Crippen LogP contribution < -0.4 is 0 Å². The van der Waals surface area contributed by atoms with E-state index in [0.29, 0.717) is 5.25 Å². The zero-order valence-electron chi connectivity index (χ0n) is 7.66. The van der Waals surface area contributed by atoms with Gasteiger partial charge in [0, 0.05) is 19.0 Å². The summed E-state index contributed by atoms with van der Waals surface area (Å²) in [5, 5.41) is 10.00. The molecule has 1 rings (SSSR count). The molecule has 0 amide bonds. The number of hydrogen-bond donors (Lipinski definition) is 1. The fraction of sp³-hybridized carbons (Fsp3) is 1.00. The van der Waals surface area contributed by atoms with Crippen LogP contribution in [0.15, 0.2) is 0 Å². The Hall–Kier alpha value is 0.270. The van der Waals surface area contributed by atoms with Crippen LogP contribution in [0.2, 0.25) is 0 Å². The topological polar surface area (TPSA) is 29.5 Å². The number of aliphatic hydroxyl groups excluding tert-OH is 1. The summed E-state index contributed by atoms with van der Waals surface area (Å²) in [6.45, 7) is 0.843. The van der Waals surface area contributed by atoms with E-state index in [1.807, 2.05) is 11.8 Å².